The first kappa shape index (κ1) is 15.3. The summed E-state index contributed by atoms with van der Waals surface area (Å²) in [5.41, 5.74) is 3.64. The second kappa shape index (κ2) is 5.88. The molecular weight excluding hydrogens is 272 g/mol. The zero-order chi connectivity index (χ0) is 15.7. The Balaban J connectivity index is 1.56. The number of hydrogen-bond donors (Lipinski definition) is 1. The average Bonchev–Trinajstić information content (AvgIpc) is 2.92. The summed E-state index contributed by atoms with van der Waals surface area (Å²) in [7, 11) is 0. The van der Waals surface area contributed by atoms with Crippen molar-refractivity contribution < 1.29 is 4.79 Å². The maximum absolute atomic E-state index is 12.5. The fourth-order valence-corrected chi connectivity index (χ4v) is 3.51. The van der Waals surface area contributed by atoms with Gasteiger partial charge in [0, 0.05) is 12.1 Å². The number of nitrogens with zero attached hydrogens (tertiary/aromatic N) is 1. The Hall–Kier alpha value is -1.61. The van der Waals surface area contributed by atoms with Crippen molar-refractivity contribution in [3.05, 3.63) is 41.5 Å². The molecule has 22 heavy (non-hydrogen) atoms. The highest BCUT2D eigenvalue weighted by atomic mass is 16.2. The van der Waals surface area contributed by atoms with E-state index >= 15 is 0 Å². The molecule has 1 amide bonds. The molecule has 1 aliphatic heterocycles. The highest BCUT2D eigenvalue weighted by Crippen LogP contribution is 2.46. The molecule has 3 nitrogen and oxygen atoms in total. The highest BCUT2D eigenvalue weighted by Gasteiger charge is 2.40. The van der Waals surface area contributed by atoms with Crippen molar-refractivity contribution in [1.82, 2.24) is 10.2 Å². The third-order valence-corrected chi connectivity index (χ3v) is 5.07. The minimum absolute atomic E-state index is 0.0169. The van der Waals surface area contributed by atoms with Crippen LogP contribution in [0.1, 0.15) is 39.2 Å². The molecule has 0 spiro atoms. The van der Waals surface area contributed by atoms with Gasteiger partial charge in [-0.1, -0.05) is 35.9 Å². The Bertz CT molecular complexity index is 583. The maximum Gasteiger partial charge on any atom is 0.231 e. The lowest BCUT2D eigenvalue weighted by molar-refractivity contribution is -0.122. The van der Waals surface area contributed by atoms with E-state index in [4.69, 9.17) is 0 Å². The van der Waals surface area contributed by atoms with Crippen molar-refractivity contribution in [3.8, 4) is 0 Å². The molecule has 1 aromatic rings. The zero-order valence-electron chi connectivity index (χ0n) is 13.9. The summed E-state index contributed by atoms with van der Waals surface area (Å²) in [6.45, 7) is 9.54. The van der Waals surface area contributed by atoms with E-state index < -0.39 is 0 Å². The number of rotatable bonds is 5. The lowest BCUT2D eigenvalue weighted by atomic mass is 10.0. The van der Waals surface area contributed by atoms with Gasteiger partial charge < -0.3 is 5.32 Å². The number of nitrogens with one attached hydrogen (secondary N) is 1. The molecule has 1 saturated heterocycles. The van der Waals surface area contributed by atoms with E-state index in [9.17, 15) is 4.79 Å². The van der Waals surface area contributed by atoms with Gasteiger partial charge >= 0.3 is 0 Å². The molecule has 0 saturated carbocycles. The summed E-state index contributed by atoms with van der Waals surface area (Å²) >= 11 is 0. The van der Waals surface area contributed by atoms with Gasteiger partial charge in [0.25, 0.3) is 0 Å². The zero-order valence-corrected chi connectivity index (χ0v) is 13.9. The van der Waals surface area contributed by atoms with E-state index in [-0.39, 0.29) is 17.4 Å². The third kappa shape index (κ3) is 2.95. The Kier molecular flexibility index (Phi) is 4.09. The Morgan fingerprint density at radius 3 is 2.50 bits per heavy atom. The van der Waals surface area contributed by atoms with E-state index in [1.165, 1.54) is 29.6 Å². The summed E-state index contributed by atoms with van der Waals surface area (Å²) in [5, 5.41) is 3.17. The average molecular weight is 298 g/mol. The van der Waals surface area contributed by atoms with Gasteiger partial charge in [-0.25, -0.2) is 0 Å². The van der Waals surface area contributed by atoms with Gasteiger partial charge in [-0.3, -0.25) is 9.69 Å². The maximum atomic E-state index is 12.5. The molecule has 1 atom stereocenters. The minimum atomic E-state index is -0.0169. The molecular formula is C19H26N2O. The van der Waals surface area contributed by atoms with E-state index in [0.717, 1.165) is 19.6 Å². The van der Waals surface area contributed by atoms with Gasteiger partial charge in [-0.05, 0) is 57.8 Å². The summed E-state index contributed by atoms with van der Waals surface area (Å²) < 4.78 is 0. The lowest BCUT2D eigenvalue weighted by Crippen LogP contribution is -2.50. The van der Waals surface area contributed by atoms with Crippen LogP contribution in [0.4, 0.5) is 0 Å². The van der Waals surface area contributed by atoms with Crippen LogP contribution in [0.2, 0.25) is 0 Å². The number of hydrogen-bond acceptors (Lipinski definition) is 2. The van der Waals surface area contributed by atoms with Crippen LogP contribution in [-0.4, -0.2) is 36.0 Å². The molecule has 0 bridgehead atoms. The Morgan fingerprint density at radius 1 is 1.23 bits per heavy atom. The van der Waals surface area contributed by atoms with Crippen LogP contribution in [0.3, 0.4) is 0 Å². The van der Waals surface area contributed by atoms with Gasteiger partial charge in [-0.2, -0.15) is 0 Å². The van der Waals surface area contributed by atoms with Gasteiger partial charge in [-0.15, -0.1) is 0 Å². The SMILES string of the molecule is CC1=C(c2ccccc2)[C@H]1C(=O)NCC(C)(C)N1CCCC1. The Morgan fingerprint density at radius 2 is 1.86 bits per heavy atom. The molecule has 1 aromatic carbocycles. The largest absolute Gasteiger partial charge is 0.353 e. The van der Waals surface area contributed by atoms with E-state index in [0.29, 0.717) is 0 Å². The van der Waals surface area contributed by atoms with Crippen molar-refractivity contribution >= 4 is 11.5 Å². The first-order valence-electron chi connectivity index (χ1n) is 8.29. The fraction of sp³-hybridized carbons (Fsp3) is 0.526. The molecule has 0 radical (unpaired) electrons. The van der Waals surface area contributed by atoms with E-state index in [1.54, 1.807) is 0 Å². The molecule has 1 fully saturated rings. The van der Waals surface area contributed by atoms with Crippen molar-refractivity contribution in [2.24, 2.45) is 5.92 Å². The van der Waals surface area contributed by atoms with Crippen molar-refractivity contribution in [2.45, 2.75) is 39.2 Å². The van der Waals surface area contributed by atoms with Crippen molar-refractivity contribution in [2.75, 3.05) is 19.6 Å². The third-order valence-electron chi connectivity index (χ3n) is 5.07. The summed E-state index contributed by atoms with van der Waals surface area (Å²) in [4.78, 5) is 15.0. The molecule has 1 N–H and O–H groups in total. The van der Waals surface area contributed by atoms with Gasteiger partial charge in [0.1, 0.15) is 0 Å². The first-order chi connectivity index (χ1) is 10.5. The standard InChI is InChI=1S/C19H26N2O/c1-14-16(15-9-5-4-6-10-15)17(14)18(22)20-13-19(2,3)21-11-7-8-12-21/h4-6,9-10,17H,7-8,11-13H2,1-3H3,(H,20,22)/t17-/m0/s1. The molecule has 2 aliphatic rings. The number of benzene rings is 1. The summed E-state index contributed by atoms with van der Waals surface area (Å²) in [6, 6.07) is 10.2. The van der Waals surface area contributed by atoms with Crippen LogP contribution in [-0.2, 0) is 4.79 Å². The predicted octanol–water partition coefficient (Wildman–Crippen LogP) is 3.08. The van der Waals surface area contributed by atoms with E-state index in [2.05, 4.69) is 43.1 Å². The second-order valence-electron chi connectivity index (χ2n) is 7.12. The van der Waals surface area contributed by atoms with Crippen LogP contribution < -0.4 is 5.32 Å². The van der Waals surface area contributed by atoms with Gasteiger partial charge in [0.05, 0.1) is 5.92 Å². The monoisotopic (exact) mass is 298 g/mol. The lowest BCUT2D eigenvalue weighted by Gasteiger charge is -2.35. The topological polar surface area (TPSA) is 32.3 Å². The summed E-state index contributed by atoms with van der Waals surface area (Å²) in [5.74, 6) is 0.139. The first-order valence-corrected chi connectivity index (χ1v) is 8.29. The number of amides is 1. The molecule has 0 unspecified atom stereocenters. The number of carbonyl (C=O) groups is 1. The van der Waals surface area contributed by atoms with Crippen LogP contribution in [0.5, 0.6) is 0 Å². The molecule has 1 heterocycles. The van der Waals surface area contributed by atoms with Crippen LogP contribution >= 0.6 is 0 Å². The quantitative estimate of drug-likeness (QED) is 0.906. The normalized spacial score (nSPS) is 22.0. The highest BCUT2D eigenvalue weighted by molar-refractivity contribution is 6.05. The molecule has 118 valence electrons. The number of likely N-dealkylation sites (tertiary alicyclic amines) is 1. The Labute approximate surface area is 133 Å². The van der Waals surface area contributed by atoms with Gasteiger partial charge in [0.2, 0.25) is 5.91 Å². The molecule has 0 aromatic heterocycles. The predicted molar refractivity (Wildman–Crippen MR) is 90.4 cm³/mol. The molecule has 3 rings (SSSR count). The van der Waals surface area contributed by atoms with Crippen molar-refractivity contribution in [3.63, 3.8) is 0 Å². The minimum Gasteiger partial charge on any atom is -0.353 e. The van der Waals surface area contributed by atoms with Crippen molar-refractivity contribution in [1.29, 1.82) is 0 Å². The molecule has 3 heteroatoms. The second-order valence-corrected chi connectivity index (χ2v) is 7.12. The van der Waals surface area contributed by atoms with Crippen LogP contribution in [0.15, 0.2) is 35.9 Å². The summed E-state index contributed by atoms with van der Waals surface area (Å²) in [6.07, 6.45) is 2.55. The van der Waals surface area contributed by atoms with Gasteiger partial charge in [0.15, 0.2) is 0 Å². The van der Waals surface area contributed by atoms with Crippen LogP contribution in [0, 0.1) is 5.92 Å². The smallest absolute Gasteiger partial charge is 0.231 e. The number of carbonyl (C=O) groups excluding carboxylic acids is 1. The van der Waals surface area contributed by atoms with E-state index in [1.807, 2.05) is 18.2 Å². The fourth-order valence-electron chi connectivity index (χ4n) is 3.51. The van der Waals surface area contributed by atoms with Crippen LogP contribution in [0.25, 0.3) is 5.57 Å². The molecule has 1 aliphatic carbocycles.